The van der Waals surface area contributed by atoms with Gasteiger partial charge in [-0.15, -0.1) is 13.2 Å². The average Bonchev–Trinajstić information content (AvgIpc) is 3.23. The quantitative estimate of drug-likeness (QED) is 0.714. The normalized spacial score (nSPS) is 16.7. The van der Waals surface area contributed by atoms with E-state index in [0.717, 1.165) is 25.0 Å². The van der Waals surface area contributed by atoms with E-state index >= 15 is 0 Å². The van der Waals surface area contributed by atoms with Crippen LogP contribution in [0.3, 0.4) is 0 Å². The molecule has 1 aliphatic rings. The van der Waals surface area contributed by atoms with Crippen molar-refractivity contribution in [3.8, 4) is 5.75 Å². The summed E-state index contributed by atoms with van der Waals surface area (Å²) in [5.41, 5.74) is 1.04. The van der Waals surface area contributed by atoms with Crippen LogP contribution in [0.5, 0.6) is 5.75 Å². The van der Waals surface area contributed by atoms with E-state index in [-0.39, 0.29) is 23.6 Å². The van der Waals surface area contributed by atoms with E-state index in [1.54, 1.807) is 18.4 Å². The lowest BCUT2D eigenvalue weighted by Crippen LogP contribution is -2.50. The standard InChI is InChI=1S/C20H22F3N3O3S/c1-13(18(27)24-15-2-4-17(5-3-15)29-20(21,22)23)26-9-6-16(7-10-26)25-19(28)14-8-11-30-12-14/h2-5,8,11-13,16H,6-7,9-10H2,1H3,(H,24,27)(H,25,28). The van der Waals surface area contributed by atoms with Gasteiger partial charge in [0.2, 0.25) is 5.91 Å². The molecule has 10 heteroatoms. The zero-order valence-corrected chi connectivity index (χ0v) is 17.1. The summed E-state index contributed by atoms with van der Waals surface area (Å²) < 4.78 is 40.5. The number of halogens is 3. The molecule has 0 radical (unpaired) electrons. The van der Waals surface area contributed by atoms with Crippen LogP contribution in [0.4, 0.5) is 18.9 Å². The molecule has 1 aliphatic heterocycles. The number of anilines is 1. The van der Waals surface area contributed by atoms with E-state index < -0.39 is 12.4 Å². The number of amides is 2. The Labute approximate surface area is 176 Å². The Bertz CT molecular complexity index is 848. The van der Waals surface area contributed by atoms with E-state index in [2.05, 4.69) is 15.4 Å². The van der Waals surface area contributed by atoms with Crippen molar-refractivity contribution < 1.29 is 27.5 Å². The van der Waals surface area contributed by atoms with Crippen molar-refractivity contribution in [2.75, 3.05) is 18.4 Å². The Hall–Kier alpha value is -2.59. The summed E-state index contributed by atoms with van der Waals surface area (Å²) in [6.07, 6.45) is -3.29. The molecule has 1 aromatic carbocycles. The van der Waals surface area contributed by atoms with Crippen LogP contribution >= 0.6 is 11.3 Å². The first-order valence-corrected chi connectivity index (χ1v) is 10.4. The van der Waals surface area contributed by atoms with Gasteiger partial charge >= 0.3 is 6.36 Å². The molecule has 0 spiro atoms. The van der Waals surface area contributed by atoms with Gasteiger partial charge in [-0.3, -0.25) is 14.5 Å². The molecule has 0 aliphatic carbocycles. The molecule has 2 heterocycles. The van der Waals surface area contributed by atoms with Crippen LogP contribution < -0.4 is 15.4 Å². The number of likely N-dealkylation sites (tertiary alicyclic amines) is 1. The molecule has 30 heavy (non-hydrogen) atoms. The van der Waals surface area contributed by atoms with Crippen molar-refractivity contribution >= 4 is 28.8 Å². The number of carbonyl (C=O) groups is 2. The van der Waals surface area contributed by atoms with Gasteiger partial charge in [0.1, 0.15) is 5.75 Å². The van der Waals surface area contributed by atoms with Gasteiger partial charge in [0.05, 0.1) is 6.04 Å². The van der Waals surface area contributed by atoms with Crippen molar-refractivity contribution in [3.05, 3.63) is 46.7 Å². The van der Waals surface area contributed by atoms with Gasteiger partial charge in [-0.1, -0.05) is 0 Å². The third kappa shape index (κ3) is 6.20. The molecule has 1 atom stereocenters. The zero-order chi connectivity index (χ0) is 21.7. The Balaban J connectivity index is 1.46. The third-order valence-corrected chi connectivity index (χ3v) is 5.61. The van der Waals surface area contributed by atoms with Crippen LogP contribution in [0.1, 0.15) is 30.1 Å². The lowest BCUT2D eigenvalue weighted by atomic mass is 10.0. The van der Waals surface area contributed by atoms with Gasteiger partial charge in [0.25, 0.3) is 5.91 Å². The summed E-state index contributed by atoms with van der Waals surface area (Å²) in [6, 6.07) is 6.44. The van der Waals surface area contributed by atoms with Gasteiger partial charge in [-0.2, -0.15) is 11.3 Å². The minimum atomic E-state index is -4.76. The fourth-order valence-corrected chi connectivity index (χ4v) is 3.88. The van der Waals surface area contributed by atoms with Crippen molar-refractivity contribution in [2.45, 2.75) is 38.2 Å². The molecule has 0 bridgehead atoms. The number of nitrogens with one attached hydrogen (secondary N) is 2. The van der Waals surface area contributed by atoms with Crippen molar-refractivity contribution in [2.24, 2.45) is 0 Å². The Kier molecular flexibility index (Phi) is 6.99. The number of hydrogen-bond acceptors (Lipinski definition) is 5. The number of alkyl halides is 3. The van der Waals surface area contributed by atoms with Gasteiger partial charge in [0, 0.05) is 35.8 Å². The fourth-order valence-electron chi connectivity index (χ4n) is 3.25. The molecule has 2 aromatic rings. The smallest absolute Gasteiger partial charge is 0.406 e. The topological polar surface area (TPSA) is 70.7 Å². The van der Waals surface area contributed by atoms with E-state index in [0.29, 0.717) is 24.3 Å². The SMILES string of the molecule is CC(C(=O)Nc1ccc(OC(F)(F)F)cc1)N1CCC(NC(=O)c2ccsc2)CC1. The number of rotatable bonds is 6. The summed E-state index contributed by atoms with van der Waals surface area (Å²) in [5, 5.41) is 9.38. The Morgan fingerprint density at radius 3 is 2.40 bits per heavy atom. The predicted octanol–water partition coefficient (Wildman–Crippen LogP) is 3.87. The molecular weight excluding hydrogens is 419 g/mol. The fraction of sp³-hybridized carbons (Fsp3) is 0.400. The number of piperidine rings is 1. The number of carbonyl (C=O) groups excluding carboxylic acids is 2. The monoisotopic (exact) mass is 441 g/mol. The molecular formula is C20H22F3N3O3S. The largest absolute Gasteiger partial charge is 0.573 e. The highest BCUT2D eigenvalue weighted by molar-refractivity contribution is 7.08. The van der Waals surface area contributed by atoms with Crippen LogP contribution in [0.15, 0.2) is 41.1 Å². The Morgan fingerprint density at radius 2 is 1.83 bits per heavy atom. The van der Waals surface area contributed by atoms with Crippen LogP contribution in [0.2, 0.25) is 0 Å². The maximum absolute atomic E-state index is 12.5. The average molecular weight is 441 g/mol. The van der Waals surface area contributed by atoms with Crippen LogP contribution in [0, 0.1) is 0 Å². The number of benzene rings is 1. The van der Waals surface area contributed by atoms with Crippen molar-refractivity contribution in [1.29, 1.82) is 0 Å². The van der Waals surface area contributed by atoms with E-state index in [1.807, 2.05) is 10.3 Å². The van der Waals surface area contributed by atoms with E-state index in [4.69, 9.17) is 0 Å². The van der Waals surface area contributed by atoms with Gasteiger partial charge < -0.3 is 15.4 Å². The molecule has 6 nitrogen and oxygen atoms in total. The van der Waals surface area contributed by atoms with Crippen LogP contribution in [-0.4, -0.2) is 48.2 Å². The molecule has 1 unspecified atom stereocenters. The predicted molar refractivity (Wildman–Crippen MR) is 108 cm³/mol. The second kappa shape index (κ2) is 9.48. The van der Waals surface area contributed by atoms with E-state index in [1.165, 1.54) is 23.5 Å². The molecule has 2 N–H and O–H groups in total. The summed E-state index contributed by atoms with van der Waals surface area (Å²) >= 11 is 1.47. The number of nitrogens with zero attached hydrogens (tertiary/aromatic N) is 1. The van der Waals surface area contributed by atoms with Crippen molar-refractivity contribution in [3.63, 3.8) is 0 Å². The zero-order valence-electron chi connectivity index (χ0n) is 16.2. The number of hydrogen-bond donors (Lipinski definition) is 2. The van der Waals surface area contributed by atoms with Gasteiger partial charge in [0.15, 0.2) is 0 Å². The summed E-state index contributed by atoms with van der Waals surface area (Å²) in [6.45, 7) is 3.09. The molecule has 1 aromatic heterocycles. The summed E-state index contributed by atoms with van der Waals surface area (Å²) in [7, 11) is 0. The maximum Gasteiger partial charge on any atom is 0.573 e. The van der Waals surface area contributed by atoms with E-state index in [9.17, 15) is 22.8 Å². The number of thiophene rings is 1. The second-order valence-electron chi connectivity index (χ2n) is 7.03. The first kappa shape index (κ1) is 22.1. The minimum Gasteiger partial charge on any atom is -0.406 e. The lowest BCUT2D eigenvalue weighted by Gasteiger charge is -2.35. The molecule has 1 fully saturated rings. The molecule has 3 rings (SSSR count). The first-order chi connectivity index (χ1) is 14.2. The molecule has 1 saturated heterocycles. The number of ether oxygens (including phenoxy) is 1. The van der Waals surface area contributed by atoms with Crippen molar-refractivity contribution in [1.82, 2.24) is 10.2 Å². The molecule has 0 saturated carbocycles. The van der Waals surface area contributed by atoms with Gasteiger partial charge in [-0.05, 0) is 55.5 Å². The lowest BCUT2D eigenvalue weighted by molar-refractivity contribution is -0.274. The third-order valence-electron chi connectivity index (χ3n) is 4.93. The van der Waals surface area contributed by atoms with Crippen LogP contribution in [-0.2, 0) is 4.79 Å². The maximum atomic E-state index is 12.5. The van der Waals surface area contributed by atoms with Gasteiger partial charge in [-0.25, -0.2) is 0 Å². The molecule has 2 amide bonds. The second-order valence-corrected chi connectivity index (χ2v) is 7.81. The summed E-state index contributed by atoms with van der Waals surface area (Å²) in [5.74, 6) is -0.682. The minimum absolute atomic E-state index is 0.0603. The Morgan fingerprint density at radius 1 is 1.17 bits per heavy atom. The molecule has 162 valence electrons. The highest BCUT2D eigenvalue weighted by atomic mass is 32.1. The highest BCUT2D eigenvalue weighted by Crippen LogP contribution is 2.24. The highest BCUT2D eigenvalue weighted by Gasteiger charge is 2.31. The first-order valence-electron chi connectivity index (χ1n) is 9.45. The van der Waals surface area contributed by atoms with Crippen LogP contribution in [0.25, 0.3) is 0 Å². The summed E-state index contributed by atoms with van der Waals surface area (Å²) in [4.78, 5) is 26.7.